The van der Waals surface area contributed by atoms with Crippen LogP contribution in [0.5, 0.6) is 0 Å². The molecule has 3 aliphatic rings. The number of carbonyl (C=O) groups is 1. The maximum absolute atomic E-state index is 12.8. The normalized spacial score (nSPS) is 25.4. The van der Waals surface area contributed by atoms with Crippen molar-refractivity contribution in [2.24, 2.45) is 11.3 Å². The van der Waals surface area contributed by atoms with Crippen LogP contribution in [-0.2, 0) is 16.0 Å². The molecule has 1 amide bonds. The van der Waals surface area contributed by atoms with Crippen molar-refractivity contribution in [3.8, 4) is 0 Å². The molecule has 1 atom stereocenters. The van der Waals surface area contributed by atoms with Gasteiger partial charge in [-0.25, -0.2) is 0 Å². The molecule has 0 aromatic carbocycles. The number of amides is 1. The van der Waals surface area contributed by atoms with Crippen LogP contribution in [0.15, 0.2) is 4.52 Å². The first-order valence-corrected chi connectivity index (χ1v) is 10.9. The predicted octanol–water partition coefficient (Wildman–Crippen LogP) is 2.96. The highest BCUT2D eigenvalue weighted by Crippen LogP contribution is 2.47. The molecule has 6 nitrogen and oxygen atoms in total. The fraction of sp³-hybridized carbons (Fsp3) is 0.818. The van der Waals surface area contributed by atoms with Crippen molar-refractivity contribution >= 4 is 5.91 Å². The van der Waals surface area contributed by atoms with Crippen molar-refractivity contribution in [2.75, 3.05) is 39.9 Å². The van der Waals surface area contributed by atoms with Gasteiger partial charge in [0.1, 0.15) is 5.76 Å². The Bertz CT molecular complexity index is 670. The number of nitrogens with zero attached hydrogens (tertiary/aromatic N) is 3. The number of carbonyl (C=O) groups excluding carboxylic acids is 1. The molecule has 1 spiro atoms. The first-order chi connectivity index (χ1) is 13.5. The lowest BCUT2D eigenvalue weighted by Crippen LogP contribution is -2.47. The van der Waals surface area contributed by atoms with E-state index < -0.39 is 0 Å². The minimum absolute atomic E-state index is 0.270. The van der Waals surface area contributed by atoms with Crippen LogP contribution < -0.4 is 0 Å². The van der Waals surface area contributed by atoms with Crippen LogP contribution in [0.2, 0.25) is 0 Å². The number of aromatic nitrogens is 1. The maximum atomic E-state index is 12.8. The highest BCUT2D eigenvalue weighted by molar-refractivity contribution is 5.76. The molecule has 1 aromatic heterocycles. The van der Waals surface area contributed by atoms with Crippen LogP contribution in [0.1, 0.15) is 55.5 Å². The standard InChI is InChI=1S/C22H35N3O3/c1-16-20(17(2)28-23-16)7-8-21(26)24-11-9-22(10-12-24)15-25(19-5-4-6-19)13-18(22)14-27-3/h18-19H,4-15H2,1-3H3. The first-order valence-electron chi connectivity index (χ1n) is 10.9. The summed E-state index contributed by atoms with van der Waals surface area (Å²) in [5, 5.41) is 4.00. The summed E-state index contributed by atoms with van der Waals surface area (Å²) in [7, 11) is 1.83. The second kappa shape index (κ2) is 8.15. The van der Waals surface area contributed by atoms with E-state index in [4.69, 9.17) is 9.26 Å². The van der Waals surface area contributed by atoms with E-state index in [2.05, 4.69) is 15.0 Å². The van der Waals surface area contributed by atoms with Gasteiger partial charge in [0, 0.05) is 57.2 Å². The van der Waals surface area contributed by atoms with Gasteiger partial charge in [-0.15, -0.1) is 0 Å². The topological polar surface area (TPSA) is 58.8 Å². The van der Waals surface area contributed by atoms with E-state index in [9.17, 15) is 4.79 Å². The Morgan fingerprint density at radius 3 is 2.61 bits per heavy atom. The number of likely N-dealkylation sites (tertiary alicyclic amines) is 2. The Labute approximate surface area is 168 Å². The van der Waals surface area contributed by atoms with Crippen LogP contribution in [0.4, 0.5) is 0 Å². The van der Waals surface area contributed by atoms with Gasteiger partial charge in [0.2, 0.25) is 5.91 Å². The molecule has 0 radical (unpaired) electrons. The number of hydrogen-bond acceptors (Lipinski definition) is 5. The SMILES string of the molecule is COCC1CN(C2CCC2)CC12CCN(C(=O)CCc1c(C)noc1C)CC2. The van der Waals surface area contributed by atoms with Crippen LogP contribution in [0.3, 0.4) is 0 Å². The van der Waals surface area contributed by atoms with Crippen molar-refractivity contribution < 1.29 is 14.1 Å². The lowest BCUT2D eigenvalue weighted by molar-refractivity contribution is -0.134. The van der Waals surface area contributed by atoms with Gasteiger partial charge < -0.3 is 14.2 Å². The second-order valence-electron chi connectivity index (χ2n) is 9.21. The highest BCUT2D eigenvalue weighted by atomic mass is 16.5. The first kappa shape index (κ1) is 19.9. The lowest BCUT2D eigenvalue weighted by Gasteiger charge is -2.43. The summed E-state index contributed by atoms with van der Waals surface area (Å²) in [5.41, 5.74) is 2.34. The van der Waals surface area contributed by atoms with E-state index in [1.807, 2.05) is 21.0 Å². The molecule has 3 heterocycles. The molecule has 2 aliphatic heterocycles. The molecule has 0 bridgehead atoms. The fourth-order valence-corrected chi connectivity index (χ4v) is 5.55. The average molecular weight is 390 g/mol. The smallest absolute Gasteiger partial charge is 0.222 e. The quantitative estimate of drug-likeness (QED) is 0.749. The molecule has 156 valence electrons. The summed E-state index contributed by atoms with van der Waals surface area (Å²) in [6, 6.07) is 0.799. The second-order valence-corrected chi connectivity index (χ2v) is 9.21. The molecule has 2 saturated heterocycles. The molecule has 4 rings (SSSR count). The molecule has 6 heteroatoms. The monoisotopic (exact) mass is 389 g/mol. The van der Waals surface area contributed by atoms with Gasteiger partial charge in [0.05, 0.1) is 12.3 Å². The van der Waals surface area contributed by atoms with Gasteiger partial charge in [-0.2, -0.15) is 0 Å². The van der Waals surface area contributed by atoms with E-state index in [0.29, 0.717) is 17.8 Å². The molecule has 0 N–H and O–H groups in total. The molecular weight excluding hydrogens is 354 g/mol. The van der Waals surface area contributed by atoms with Crippen LogP contribution >= 0.6 is 0 Å². The number of hydrogen-bond donors (Lipinski definition) is 0. The van der Waals surface area contributed by atoms with E-state index >= 15 is 0 Å². The van der Waals surface area contributed by atoms with E-state index in [-0.39, 0.29) is 5.91 Å². The molecule has 1 unspecified atom stereocenters. The summed E-state index contributed by atoms with van der Waals surface area (Å²) in [5.74, 6) is 1.72. The molecule has 1 aromatic rings. The molecular formula is C22H35N3O3. The highest BCUT2D eigenvalue weighted by Gasteiger charge is 2.50. The van der Waals surface area contributed by atoms with Gasteiger partial charge in [-0.1, -0.05) is 11.6 Å². The van der Waals surface area contributed by atoms with Crippen LogP contribution in [0, 0.1) is 25.2 Å². The minimum atomic E-state index is 0.270. The predicted molar refractivity (Wildman–Crippen MR) is 107 cm³/mol. The fourth-order valence-electron chi connectivity index (χ4n) is 5.55. The van der Waals surface area contributed by atoms with Gasteiger partial charge in [-0.3, -0.25) is 9.69 Å². The number of methoxy groups -OCH3 is 1. The number of ether oxygens (including phenoxy) is 1. The van der Waals surface area contributed by atoms with Crippen LogP contribution in [0.25, 0.3) is 0 Å². The number of rotatable bonds is 6. The summed E-state index contributed by atoms with van der Waals surface area (Å²) >= 11 is 0. The zero-order chi connectivity index (χ0) is 19.7. The van der Waals surface area contributed by atoms with E-state index in [1.54, 1.807) is 0 Å². The third-order valence-electron chi connectivity index (χ3n) is 7.68. The Morgan fingerprint density at radius 2 is 2.04 bits per heavy atom. The van der Waals surface area contributed by atoms with Gasteiger partial charge in [0.25, 0.3) is 0 Å². The Balaban J connectivity index is 1.33. The van der Waals surface area contributed by atoms with Crippen molar-refractivity contribution in [3.63, 3.8) is 0 Å². The molecule has 1 saturated carbocycles. The van der Waals surface area contributed by atoms with Crippen molar-refractivity contribution in [1.82, 2.24) is 15.0 Å². The van der Waals surface area contributed by atoms with Gasteiger partial charge in [-0.05, 0) is 51.4 Å². The molecule has 28 heavy (non-hydrogen) atoms. The zero-order valence-corrected chi connectivity index (χ0v) is 17.7. The zero-order valence-electron chi connectivity index (χ0n) is 17.7. The minimum Gasteiger partial charge on any atom is -0.384 e. The Morgan fingerprint density at radius 1 is 1.29 bits per heavy atom. The Kier molecular flexibility index (Phi) is 5.79. The number of piperidine rings is 1. The lowest BCUT2D eigenvalue weighted by atomic mass is 9.71. The molecule has 3 fully saturated rings. The van der Waals surface area contributed by atoms with E-state index in [0.717, 1.165) is 62.0 Å². The van der Waals surface area contributed by atoms with Gasteiger partial charge in [0.15, 0.2) is 0 Å². The summed E-state index contributed by atoms with van der Waals surface area (Å²) in [4.78, 5) is 17.6. The third kappa shape index (κ3) is 3.73. The van der Waals surface area contributed by atoms with Crippen molar-refractivity contribution in [3.05, 3.63) is 17.0 Å². The van der Waals surface area contributed by atoms with Gasteiger partial charge >= 0.3 is 0 Å². The summed E-state index contributed by atoms with van der Waals surface area (Å²) in [6.07, 6.45) is 7.61. The maximum Gasteiger partial charge on any atom is 0.222 e. The largest absolute Gasteiger partial charge is 0.384 e. The van der Waals surface area contributed by atoms with Crippen LogP contribution in [-0.4, -0.2) is 66.8 Å². The van der Waals surface area contributed by atoms with E-state index in [1.165, 1.54) is 32.4 Å². The summed E-state index contributed by atoms with van der Waals surface area (Å²) < 4.78 is 10.8. The summed E-state index contributed by atoms with van der Waals surface area (Å²) in [6.45, 7) is 8.88. The molecule has 1 aliphatic carbocycles. The third-order valence-corrected chi connectivity index (χ3v) is 7.68. The average Bonchev–Trinajstić information content (AvgIpc) is 3.13. The number of aryl methyl sites for hydroxylation is 2. The Hall–Kier alpha value is -1.40. The van der Waals surface area contributed by atoms with Crippen molar-refractivity contribution in [2.45, 2.75) is 64.8 Å². The van der Waals surface area contributed by atoms with Crippen molar-refractivity contribution in [1.29, 1.82) is 0 Å².